The molecule has 0 spiro atoms. The van der Waals surface area contributed by atoms with Gasteiger partial charge in [-0.05, 0) is 0 Å². The molecule has 62 valence electrons. The molecule has 0 aromatic rings. The van der Waals surface area contributed by atoms with E-state index < -0.39 is 6.10 Å². The van der Waals surface area contributed by atoms with Crippen LogP contribution in [0.4, 0.5) is 0 Å². The fourth-order valence-corrected chi connectivity index (χ4v) is 1.27. The van der Waals surface area contributed by atoms with Crippen LogP contribution in [-0.4, -0.2) is 44.1 Å². The molecule has 1 heterocycles. The van der Waals surface area contributed by atoms with Gasteiger partial charge in [0.1, 0.15) is 26.4 Å². The van der Waals surface area contributed by atoms with Gasteiger partial charge in [-0.25, -0.2) is 0 Å². The second-order valence-corrected chi connectivity index (χ2v) is 3.01. The van der Waals surface area contributed by atoms with E-state index in [1.165, 1.54) is 0 Å². The predicted molar refractivity (Wildman–Crippen MR) is 41.6 cm³/mol. The summed E-state index contributed by atoms with van der Waals surface area (Å²) < 4.78 is 20.1. The minimum Gasteiger partial charge on any atom is -0.388 e. The molecule has 0 radical (unpaired) electrons. The lowest BCUT2D eigenvalue weighted by Crippen LogP contribution is -2.32. The maximum atomic E-state index is 10.00. The van der Waals surface area contributed by atoms with Crippen molar-refractivity contribution in [2.75, 3.05) is 13.0 Å². The molecule has 0 aliphatic carbocycles. The van der Waals surface area contributed by atoms with Gasteiger partial charge in [0.25, 0.3) is 0 Å². The van der Waals surface area contributed by atoms with Gasteiger partial charge in [-0.2, -0.15) is 0 Å². The van der Waals surface area contributed by atoms with Gasteiger partial charge in [0.2, 0.25) is 0 Å². The molecule has 0 amide bonds. The molecule has 11 heavy (non-hydrogen) atoms. The summed E-state index contributed by atoms with van der Waals surface area (Å²) in [6, 6.07) is -0.177. The van der Waals surface area contributed by atoms with Gasteiger partial charge in [-0.1, -0.05) is 0 Å². The summed E-state index contributed by atoms with van der Waals surface area (Å²) in [7, 11) is 1.72. The minimum absolute atomic E-state index is 0.0599. The topological polar surface area (TPSA) is 55.8 Å². The van der Waals surface area contributed by atoms with Crippen molar-refractivity contribution in [1.29, 1.82) is 0 Å². The van der Waals surface area contributed by atoms with Crippen LogP contribution in [0.1, 0.15) is 0 Å². The van der Waals surface area contributed by atoms with Gasteiger partial charge in [0.15, 0.2) is 8.46 Å². The van der Waals surface area contributed by atoms with Gasteiger partial charge in [0.05, 0.1) is 12.6 Å². The van der Waals surface area contributed by atoms with E-state index in [9.17, 15) is 9.67 Å². The van der Waals surface area contributed by atoms with Crippen LogP contribution < -0.4 is 0 Å². The van der Waals surface area contributed by atoms with Crippen LogP contribution >= 0.6 is 8.46 Å². The minimum atomic E-state index is -0.586. The Labute approximate surface area is 67.5 Å². The zero-order valence-corrected chi connectivity index (χ0v) is 7.16. The molecule has 0 bridgehead atoms. The molecule has 0 unspecified atom stereocenters. The number of ether oxygens (including phenoxy) is 2. The lowest BCUT2D eigenvalue weighted by molar-refractivity contribution is 0.00937. The zero-order chi connectivity index (χ0) is 8.27. The van der Waals surface area contributed by atoms with E-state index in [4.69, 9.17) is 9.47 Å². The second kappa shape index (κ2) is 4.17. The smallest absolute Gasteiger partial charge is 0.183 e. The first-order valence-corrected chi connectivity index (χ1v) is 4.46. The summed E-state index contributed by atoms with van der Waals surface area (Å²) in [5, 5.41) is 9.33. The Morgan fingerprint density at radius 3 is 3.00 bits per heavy atom. The molecular weight excluding hydrogens is 166 g/mol. The molecule has 1 aliphatic heterocycles. The summed E-state index contributed by atoms with van der Waals surface area (Å²) in [6.45, 7) is 0.387. The Kier molecular flexibility index (Phi) is 3.46. The first-order chi connectivity index (χ1) is 5.25. The van der Waals surface area contributed by atoms with Gasteiger partial charge >= 0.3 is 0 Å². The molecule has 1 aliphatic rings. The molecule has 1 rings (SSSR count). The SMILES string of the molecule is B[C@@H]1OC[C@H](OCP=O)[C@@H]1O. The highest BCUT2D eigenvalue weighted by Crippen LogP contribution is 2.15. The summed E-state index contributed by atoms with van der Waals surface area (Å²) in [6.07, 6.45) is -0.777. The molecule has 3 atom stereocenters. The van der Waals surface area contributed by atoms with Crippen LogP contribution in [0.3, 0.4) is 0 Å². The van der Waals surface area contributed by atoms with E-state index in [1.54, 1.807) is 7.85 Å². The van der Waals surface area contributed by atoms with Crippen LogP contribution in [0.5, 0.6) is 0 Å². The fourth-order valence-electron chi connectivity index (χ4n) is 1.02. The molecule has 0 aromatic carbocycles. The van der Waals surface area contributed by atoms with Crippen molar-refractivity contribution in [3.05, 3.63) is 0 Å². The highest BCUT2D eigenvalue weighted by Gasteiger charge is 2.33. The molecule has 1 N–H and O–H groups in total. The number of hydrogen-bond acceptors (Lipinski definition) is 4. The molecular formula is C5H10BO4P. The van der Waals surface area contributed by atoms with Crippen molar-refractivity contribution in [3.63, 3.8) is 0 Å². The van der Waals surface area contributed by atoms with Gasteiger partial charge in [0, 0.05) is 0 Å². The largest absolute Gasteiger partial charge is 0.388 e. The van der Waals surface area contributed by atoms with E-state index in [1.807, 2.05) is 0 Å². The maximum absolute atomic E-state index is 10.00. The third-order valence-corrected chi connectivity index (χ3v) is 1.98. The molecule has 1 saturated heterocycles. The summed E-state index contributed by atoms with van der Waals surface area (Å²) in [5.41, 5.74) is 0. The standard InChI is InChI=1S/C5H10BO4P/c6-5-4(7)3(1-9-5)10-2-11-8/h3-5,7H,1-2,6H2/t3-,4-,5+/m0/s1. The van der Waals surface area contributed by atoms with Crippen molar-refractivity contribution < 1.29 is 19.1 Å². The van der Waals surface area contributed by atoms with E-state index in [2.05, 4.69) is 0 Å². The first kappa shape index (κ1) is 9.14. The highest BCUT2D eigenvalue weighted by molar-refractivity contribution is 7.23. The Balaban J connectivity index is 2.29. The van der Waals surface area contributed by atoms with Crippen LogP contribution in [0.15, 0.2) is 0 Å². The van der Waals surface area contributed by atoms with E-state index >= 15 is 0 Å². The Morgan fingerprint density at radius 1 is 1.82 bits per heavy atom. The summed E-state index contributed by atoms with van der Waals surface area (Å²) >= 11 is 0. The van der Waals surface area contributed by atoms with Crippen LogP contribution in [0.25, 0.3) is 0 Å². The molecule has 1 fully saturated rings. The normalized spacial score (nSPS) is 38.1. The molecule has 4 nitrogen and oxygen atoms in total. The second-order valence-electron chi connectivity index (χ2n) is 2.49. The zero-order valence-electron chi connectivity index (χ0n) is 6.27. The average Bonchev–Trinajstić information content (AvgIpc) is 2.31. The van der Waals surface area contributed by atoms with Crippen molar-refractivity contribution in [2.24, 2.45) is 0 Å². The van der Waals surface area contributed by atoms with Crippen LogP contribution in [-0.2, 0) is 14.0 Å². The Morgan fingerprint density at radius 2 is 2.55 bits per heavy atom. The van der Waals surface area contributed by atoms with Crippen molar-refractivity contribution in [2.45, 2.75) is 18.2 Å². The third-order valence-electron chi connectivity index (χ3n) is 1.73. The first-order valence-electron chi connectivity index (χ1n) is 3.46. The van der Waals surface area contributed by atoms with Crippen LogP contribution in [0.2, 0.25) is 0 Å². The quantitative estimate of drug-likeness (QED) is 0.441. The maximum Gasteiger partial charge on any atom is 0.183 e. The number of aliphatic hydroxyl groups is 1. The molecule has 0 aromatic heterocycles. The number of rotatable bonds is 3. The number of hydrogen-bond donors (Lipinski definition) is 1. The monoisotopic (exact) mass is 176 g/mol. The van der Waals surface area contributed by atoms with Crippen molar-refractivity contribution in [1.82, 2.24) is 0 Å². The third kappa shape index (κ3) is 2.24. The van der Waals surface area contributed by atoms with Crippen molar-refractivity contribution in [3.8, 4) is 0 Å². The van der Waals surface area contributed by atoms with Crippen LogP contribution in [0, 0.1) is 0 Å². The fraction of sp³-hybridized carbons (Fsp3) is 1.00. The Hall–Kier alpha value is 0.0449. The lowest BCUT2D eigenvalue weighted by Gasteiger charge is -2.12. The lowest BCUT2D eigenvalue weighted by atomic mass is 9.94. The van der Waals surface area contributed by atoms with E-state index in [0.717, 1.165) is 0 Å². The highest BCUT2D eigenvalue weighted by atomic mass is 31.1. The average molecular weight is 176 g/mol. The van der Waals surface area contributed by atoms with Gasteiger partial charge in [-0.15, -0.1) is 0 Å². The summed E-state index contributed by atoms with van der Waals surface area (Å²) in [4.78, 5) is 0. The van der Waals surface area contributed by atoms with E-state index in [0.29, 0.717) is 6.61 Å². The molecule has 0 saturated carbocycles. The van der Waals surface area contributed by atoms with Gasteiger partial charge < -0.3 is 14.6 Å². The summed E-state index contributed by atoms with van der Waals surface area (Å²) in [5.74, 6) is 0. The van der Waals surface area contributed by atoms with E-state index in [-0.39, 0.29) is 26.9 Å². The number of aliphatic hydroxyl groups excluding tert-OH is 1. The van der Waals surface area contributed by atoms with Gasteiger partial charge in [-0.3, -0.25) is 4.57 Å². The predicted octanol–water partition coefficient (Wildman–Crippen LogP) is -1.03. The van der Waals surface area contributed by atoms with Crippen molar-refractivity contribution >= 4 is 16.3 Å². The molecule has 6 heteroatoms. The Bertz CT molecular complexity index is 144.